The van der Waals surface area contributed by atoms with Crippen LogP contribution in [0.15, 0.2) is 0 Å². The van der Waals surface area contributed by atoms with Crippen LogP contribution in [0.25, 0.3) is 0 Å². The van der Waals surface area contributed by atoms with Crippen molar-refractivity contribution in [2.75, 3.05) is 13.1 Å². The van der Waals surface area contributed by atoms with E-state index in [1.54, 1.807) is 11.8 Å². The number of carbonyl (C=O) groups excluding carboxylic acids is 2. The summed E-state index contributed by atoms with van der Waals surface area (Å²) in [4.78, 5) is 24.6. The van der Waals surface area contributed by atoms with Crippen LogP contribution in [0.5, 0.6) is 0 Å². The summed E-state index contributed by atoms with van der Waals surface area (Å²) in [6, 6.07) is -0.375. The highest BCUT2D eigenvalue weighted by atomic mass is 16.2. The predicted octanol–water partition coefficient (Wildman–Crippen LogP) is 2.04. The van der Waals surface area contributed by atoms with Gasteiger partial charge >= 0.3 is 6.03 Å². The Hall–Kier alpha value is -1.06. The molecule has 0 aromatic rings. The van der Waals surface area contributed by atoms with Crippen molar-refractivity contribution in [2.45, 2.75) is 47.1 Å². The first kappa shape index (κ1) is 14.9. The number of amides is 2. The summed E-state index contributed by atoms with van der Waals surface area (Å²) in [6.45, 7) is 10.9. The van der Waals surface area contributed by atoms with E-state index in [1.807, 2.05) is 27.7 Å². The second-order valence-electron chi connectivity index (χ2n) is 4.08. The fourth-order valence-electron chi connectivity index (χ4n) is 1.96. The van der Waals surface area contributed by atoms with E-state index in [-0.39, 0.29) is 23.8 Å². The van der Waals surface area contributed by atoms with Crippen LogP contribution in [0.1, 0.15) is 41.0 Å². The molecule has 1 heterocycles. The van der Waals surface area contributed by atoms with Gasteiger partial charge in [0.15, 0.2) is 5.78 Å². The molecule has 4 heteroatoms. The standard InChI is InChI=1S/C10H18N2O2.C2H6/c1-7(2)9(8(3)13)12-6-4-5-11-10(12)14;1-2/h7,9H,4-6H2,1-3H3,(H,11,14);1-2H3. The molecule has 0 radical (unpaired) electrons. The maximum Gasteiger partial charge on any atom is 0.318 e. The first-order valence-electron chi connectivity index (χ1n) is 6.09. The smallest absolute Gasteiger partial charge is 0.318 e. The number of ketones is 1. The zero-order valence-corrected chi connectivity index (χ0v) is 11.0. The third kappa shape index (κ3) is 3.83. The maximum atomic E-state index is 11.5. The van der Waals surface area contributed by atoms with Crippen LogP contribution in [-0.4, -0.2) is 35.8 Å². The lowest BCUT2D eigenvalue weighted by Gasteiger charge is -2.35. The Bertz CT molecular complexity index is 239. The lowest BCUT2D eigenvalue weighted by atomic mass is 9.98. The zero-order chi connectivity index (χ0) is 12.7. The molecule has 1 fully saturated rings. The molecule has 2 amide bonds. The first-order valence-corrected chi connectivity index (χ1v) is 6.09. The van der Waals surface area contributed by atoms with E-state index >= 15 is 0 Å². The zero-order valence-electron chi connectivity index (χ0n) is 11.0. The van der Waals surface area contributed by atoms with Gasteiger partial charge in [-0.15, -0.1) is 0 Å². The Morgan fingerprint density at radius 3 is 2.31 bits per heavy atom. The lowest BCUT2D eigenvalue weighted by molar-refractivity contribution is -0.122. The second kappa shape index (κ2) is 7.25. The summed E-state index contributed by atoms with van der Waals surface area (Å²) in [5, 5.41) is 2.76. The van der Waals surface area contributed by atoms with Crippen LogP contribution in [0.2, 0.25) is 0 Å². The van der Waals surface area contributed by atoms with Crippen LogP contribution in [-0.2, 0) is 4.79 Å². The predicted molar refractivity (Wildman–Crippen MR) is 65.4 cm³/mol. The van der Waals surface area contributed by atoms with Crippen molar-refractivity contribution in [3.05, 3.63) is 0 Å². The Balaban J connectivity index is 0.00000106. The van der Waals surface area contributed by atoms with E-state index in [1.165, 1.54) is 0 Å². The van der Waals surface area contributed by atoms with Gasteiger partial charge in [-0.3, -0.25) is 4.79 Å². The Morgan fingerprint density at radius 1 is 1.38 bits per heavy atom. The molecule has 1 aliphatic rings. The second-order valence-corrected chi connectivity index (χ2v) is 4.08. The molecule has 16 heavy (non-hydrogen) atoms. The van der Waals surface area contributed by atoms with E-state index in [2.05, 4.69) is 5.32 Å². The minimum atomic E-state index is -0.268. The van der Waals surface area contributed by atoms with Crippen molar-refractivity contribution in [3.8, 4) is 0 Å². The van der Waals surface area contributed by atoms with Gasteiger partial charge in [0, 0.05) is 13.1 Å². The molecule has 0 spiro atoms. The Kier molecular flexibility index (Phi) is 6.77. The quantitative estimate of drug-likeness (QED) is 0.803. The SMILES string of the molecule is CC.CC(=O)C(C(C)C)N1CCCNC1=O. The summed E-state index contributed by atoms with van der Waals surface area (Å²) in [6.07, 6.45) is 0.919. The number of hydrogen-bond donors (Lipinski definition) is 1. The van der Waals surface area contributed by atoms with Gasteiger partial charge < -0.3 is 10.2 Å². The van der Waals surface area contributed by atoms with Crippen LogP contribution >= 0.6 is 0 Å². The van der Waals surface area contributed by atoms with Gasteiger partial charge in [0.1, 0.15) is 0 Å². The fraction of sp³-hybridized carbons (Fsp3) is 0.833. The van der Waals surface area contributed by atoms with Gasteiger partial charge in [-0.05, 0) is 19.3 Å². The molecular formula is C12H24N2O2. The van der Waals surface area contributed by atoms with Crippen molar-refractivity contribution in [2.24, 2.45) is 5.92 Å². The normalized spacial score (nSPS) is 17.4. The number of urea groups is 1. The third-order valence-corrected chi connectivity index (χ3v) is 2.50. The minimum Gasteiger partial charge on any atom is -0.338 e. The monoisotopic (exact) mass is 228 g/mol. The van der Waals surface area contributed by atoms with Crippen molar-refractivity contribution in [3.63, 3.8) is 0 Å². The summed E-state index contributed by atoms with van der Waals surface area (Å²) < 4.78 is 0. The molecule has 1 atom stereocenters. The molecule has 4 nitrogen and oxygen atoms in total. The number of rotatable bonds is 3. The lowest BCUT2D eigenvalue weighted by Crippen LogP contribution is -2.55. The van der Waals surface area contributed by atoms with Crippen molar-refractivity contribution < 1.29 is 9.59 Å². The van der Waals surface area contributed by atoms with Gasteiger partial charge in [-0.2, -0.15) is 0 Å². The number of carbonyl (C=O) groups is 2. The molecule has 0 aromatic carbocycles. The highest BCUT2D eigenvalue weighted by Gasteiger charge is 2.31. The van der Waals surface area contributed by atoms with Crippen LogP contribution in [0.4, 0.5) is 4.79 Å². The average molecular weight is 228 g/mol. The summed E-state index contributed by atoms with van der Waals surface area (Å²) in [5.41, 5.74) is 0. The van der Waals surface area contributed by atoms with Gasteiger partial charge in [0.25, 0.3) is 0 Å². The van der Waals surface area contributed by atoms with Gasteiger partial charge in [0.2, 0.25) is 0 Å². The molecular weight excluding hydrogens is 204 g/mol. The van der Waals surface area contributed by atoms with Crippen LogP contribution in [0, 0.1) is 5.92 Å². The van der Waals surface area contributed by atoms with Gasteiger partial charge in [-0.1, -0.05) is 27.7 Å². The highest BCUT2D eigenvalue weighted by Crippen LogP contribution is 2.14. The molecule has 0 saturated carbocycles. The molecule has 1 rings (SSSR count). The molecule has 0 bridgehead atoms. The molecule has 1 aliphatic heterocycles. The minimum absolute atomic E-state index is 0.0667. The van der Waals surface area contributed by atoms with E-state index in [0.29, 0.717) is 6.54 Å². The van der Waals surface area contributed by atoms with Gasteiger partial charge in [0.05, 0.1) is 6.04 Å². The van der Waals surface area contributed by atoms with Crippen LogP contribution in [0.3, 0.4) is 0 Å². The topological polar surface area (TPSA) is 49.4 Å². The molecule has 94 valence electrons. The van der Waals surface area contributed by atoms with E-state index in [0.717, 1.165) is 13.0 Å². The molecule has 1 N–H and O–H groups in total. The average Bonchev–Trinajstić information content (AvgIpc) is 2.23. The summed E-state index contributed by atoms with van der Waals surface area (Å²) >= 11 is 0. The largest absolute Gasteiger partial charge is 0.338 e. The highest BCUT2D eigenvalue weighted by molar-refractivity contribution is 5.87. The first-order chi connectivity index (χ1) is 7.54. The fourth-order valence-corrected chi connectivity index (χ4v) is 1.96. The van der Waals surface area contributed by atoms with E-state index in [4.69, 9.17) is 0 Å². The number of Topliss-reactive ketones (excluding diaryl/α,β-unsaturated/α-hetero) is 1. The van der Waals surface area contributed by atoms with E-state index < -0.39 is 0 Å². The van der Waals surface area contributed by atoms with Crippen LogP contribution < -0.4 is 5.32 Å². The molecule has 1 unspecified atom stereocenters. The molecule has 0 aromatic heterocycles. The number of hydrogen-bond acceptors (Lipinski definition) is 2. The van der Waals surface area contributed by atoms with E-state index in [9.17, 15) is 9.59 Å². The molecule has 1 saturated heterocycles. The van der Waals surface area contributed by atoms with Crippen molar-refractivity contribution in [1.82, 2.24) is 10.2 Å². The summed E-state index contributed by atoms with van der Waals surface area (Å²) in [7, 11) is 0. The molecule has 0 aliphatic carbocycles. The number of nitrogens with one attached hydrogen (secondary N) is 1. The maximum absolute atomic E-state index is 11.5. The number of nitrogens with zero attached hydrogens (tertiary/aromatic N) is 1. The van der Waals surface area contributed by atoms with Gasteiger partial charge in [-0.25, -0.2) is 4.79 Å². The Labute approximate surface area is 98.4 Å². The Morgan fingerprint density at radius 2 is 1.94 bits per heavy atom. The van der Waals surface area contributed by atoms with Crippen molar-refractivity contribution >= 4 is 11.8 Å². The summed E-state index contributed by atoms with van der Waals surface area (Å²) in [5.74, 6) is 0.244. The third-order valence-electron chi connectivity index (χ3n) is 2.50. The van der Waals surface area contributed by atoms with Crippen molar-refractivity contribution in [1.29, 1.82) is 0 Å².